The molecule has 1 rings (SSSR count). The molecule has 0 unspecified atom stereocenters. The number of aliphatic hydroxyl groups excluding tert-OH is 1. The average Bonchev–Trinajstić information content (AvgIpc) is 2.13. The molecule has 13 heavy (non-hydrogen) atoms. The van der Waals surface area contributed by atoms with Crippen LogP contribution >= 0.6 is 0 Å². The molecule has 0 aliphatic rings. The van der Waals surface area contributed by atoms with Gasteiger partial charge in [-0.3, -0.25) is 0 Å². The number of phenolic OH excluding ortho intramolecular Hbond substituents is 2. The summed E-state index contributed by atoms with van der Waals surface area (Å²) in [6, 6.07) is 2.62. The van der Waals surface area contributed by atoms with Crippen molar-refractivity contribution in [2.75, 3.05) is 6.61 Å². The van der Waals surface area contributed by atoms with E-state index in [2.05, 4.69) is 0 Å². The second-order valence-electron chi connectivity index (χ2n) is 2.73. The van der Waals surface area contributed by atoms with Crippen molar-refractivity contribution in [3.63, 3.8) is 0 Å². The number of benzene rings is 1. The Balaban J connectivity index is 2.90. The quantitative estimate of drug-likeness (QED) is 0.663. The van der Waals surface area contributed by atoms with Crippen LogP contribution in [0, 0.1) is 5.82 Å². The summed E-state index contributed by atoms with van der Waals surface area (Å²) in [5, 5.41) is 26.6. The molecule has 1 aromatic rings. The molecule has 0 radical (unpaired) electrons. The Kier molecular flexibility index (Phi) is 3.08. The SMILES string of the molecule is OCCCc1ccc(O)c(F)c1O. The fraction of sp³-hybridized carbons (Fsp3) is 0.333. The molecule has 3 nitrogen and oxygen atoms in total. The van der Waals surface area contributed by atoms with E-state index in [9.17, 15) is 9.50 Å². The third kappa shape index (κ3) is 2.09. The number of rotatable bonds is 3. The highest BCUT2D eigenvalue weighted by Gasteiger charge is 2.10. The van der Waals surface area contributed by atoms with E-state index in [0.29, 0.717) is 18.4 Å². The van der Waals surface area contributed by atoms with Gasteiger partial charge < -0.3 is 15.3 Å². The summed E-state index contributed by atoms with van der Waals surface area (Å²) in [7, 11) is 0. The van der Waals surface area contributed by atoms with Crippen LogP contribution in [0.2, 0.25) is 0 Å². The largest absolute Gasteiger partial charge is 0.505 e. The van der Waals surface area contributed by atoms with Crippen LogP contribution in [0.15, 0.2) is 12.1 Å². The molecule has 0 amide bonds. The van der Waals surface area contributed by atoms with E-state index < -0.39 is 17.3 Å². The molecule has 0 aliphatic heterocycles. The second kappa shape index (κ2) is 4.09. The van der Waals surface area contributed by atoms with E-state index in [4.69, 9.17) is 10.2 Å². The highest BCUT2D eigenvalue weighted by molar-refractivity contribution is 5.40. The van der Waals surface area contributed by atoms with Crippen LogP contribution in [-0.2, 0) is 6.42 Å². The molecular formula is C9H11FO3. The van der Waals surface area contributed by atoms with Crippen molar-refractivity contribution in [2.24, 2.45) is 0 Å². The lowest BCUT2D eigenvalue weighted by Crippen LogP contribution is -1.92. The zero-order valence-corrected chi connectivity index (χ0v) is 7.00. The fourth-order valence-corrected chi connectivity index (χ4v) is 1.07. The van der Waals surface area contributed by atoms with Gasteiger partial charge in [0.2, 0.25) is 5.82 Å². The molecule has 3 N–H and O–H groups in total. The first-order chi connectivity index (χ1) is 6.16. The van der Waals surface area contributed by atoms with Crippen molar-refractivity contribution >= 4 is 0 Å². The Morgan fingerprint density at radius 1 is 1.23 bits per heavy atom. The normalized spacial score (nSPS) is 10.3. The molecule has 72 valence electrons. The molecule has 0 fully saturated rings. The highest BCUT2D eigenvalue weighted by atomic mass is 19.1. The van der Waals surface area contributed by atoms with Gasteiger partial charge in [0, 0.05) is 6.61 Å². The Morgan fingerprint density at radius 2 is 1.92 bits per heavy atom. The van der Waals surface area contributed by atoms with Crippen LogP contribution in [-0.4, -0.2) is 21.9 Å². The molecule has 0 atom stereocenters. The lowest BCUT2D eigenvalue weighted by molar-refractivity contribution is 0.287. The van der Waals surface area contributed by atoms with Crippen LogP contribution in [0.3, 0.4) is 0 Å². The van der Waals surface area contributed by atoms with E-state index in [0.717, 1.165) is 0 Å². The Morgan fingerprint density at radius 3 is 2.54 bits per heavy atom. The van der Waals surface area contributed by atoms with Crippen molar-refractivity contribution in [3.05, 3.63) is 23.5 Å². The predicted octanol–water partition coefficient (Wildman–Crippen LogP) is 1.16. The van der Waals surface area contributed by atoms with Gasteiger partial charge in [-0.25, -0.2) is 0 Å². The number of aliphatic hydroxyl groups is 1. The maximum atomic E-state index is 12.9. The van der Waals surface area contributed by atoms with Crippen molar-refractivity contribution in [1.29, 1.82) is 0 Å². The molecule has 0 aliphatic carbocycles. The smallest absolute Gasteiger partial charge is 0.206 e. The molecule has 0 heterocycles. The lowest BCUT2D eigenvalue weighted by atomic mass is 10.1. The van der Waals surface area contributed by atoms with Crippen LogP contribution in [0.5, 0.6) is 11.5 Å². The van der Waals surface area contributed by atoms with Crippen LogP contribution in [0.1, 0.15) is 12.0 Å². The summed E-state index contributed by atoms with van der Waals surface area (Å²) < 4.78 is 12.9. The predicted molar refractivity (Wildman–Crippen MR) is 45.1 cm³/mol. The summed E-state index contributed by atoms with van der Waals surface area (Å²) in [5.74, 6) is -2.10. The second-order valence-corrected chi connectivity index (χ2v) is 2.73. The Hall–Kier alpha value is -1.29. The average molecular weight is 186 g/mol. The molecule has 0 saturated carbocycles. The lowest BCUT2D eigenvalue weighted by Gasteiger charge is -2.05. The first kappa shape index (κ1) is 9.80. The molecular weight excluding hydrogens is 175 g/mol. The van der Waals surface area contributed by atoms with E-state index >= 15 is 0 Å². The minimum absolute atomic E-state index is 0.0120. The zero-order chi connectivity index (χ0) is 9.84. The number of aromatic hydroxyl groups is 2. The van der Waals surface area contributed by atoms with Crippen LogP contribution in [0.4, 0.5) is 4.39 Å². The summed E-state index contributed by atoms with van der Waals surface area (Å²) >= 11 is 0. The third-order valence-electron chi connectivity index (χ3n) is 1.78. The standard InChI is InChI=1S/C9H11FO3/c10-8-7(12)4-3-6(9(8)13)2-1-5-11/h3-4,11-13H,1-2,5H2. The van der Waals surface area contributed by atoms with Gasteiger partial charge in [-0.1, -0.05) is 6.07 Å². The number of halogens is 1. The van der Waals surface area contributed by atoms with E-state index in [1.165, 1.54) is 12.1 Å². The van der Waals surface area contributed by atoms with Gasteiger partial charge >= 0.3 is 0 Å². The number of aryl methyl sites for hydroxylation is 1. The minimum atomic E-state index is -1.00. The zero-order valence-electron chi connectivity index (χ0n) is 7.00. The van der Waals surface area contributed by atoms with E-state index in [1.807, 2.05) is 0 Å². The number of phenols is 2. The first-order valence-corrected chi connectivity index (χ1v) is 3.97. The molecule has 0 spiro atoms. The monoisotopic (exact) mass is 186 g/mol. The van der Waals surface area contributed by atoms with Gasteiger partial charge in [-0.15, -0.1) is 0 Å². The summed E-state index contributed by atoms with van der Waals surface area (Å²) in [6.07, 6.45) is 0.845. The van der Waals surface area contributed by atoms with Crippen LogP contribution in [0.25, 0.3) is 0 Å². The topological polar surface area (TPSA) is 60.7 Å². The van der Waals surface area contributed by atoms with Crippen molar-refractivity contribution in [2.45, 2.75) is 12.8 Å². The maximum absolute atomic E-state index is 12.9. The number of hydrogen-bond acceptors (Lipinski definition) is 3. The first-order valence-electron chi connectivity index (χ1n) is 3.97. The molecule has 0 saturated heterocycles. The number of hydrogen-bond donors (Lipinski definition) is 3. The van der Waals surface area contributed by atoms with Gasteiger partial charge in [0.1, 0.15) is 0 Å². The van der Waals surface area contributed by atoms with Gasteiger partial charge in [0.25, 0.3) is 0 Å². The summed E-state index contributed by atoms with van der Waals surface area (Å²) in [6.45, 7) is -0.0120. The van der Waals surface area contributed by atoms with Crippen molar-refractivity contribution in [1.82, 2.24) is 0 Å². The Bertz CT molecular complexity index is 299. The minimum Gasteiger partial charge on any atom is -0.505 e. The summed E-state index contributed by atoms with van der Waals surface area (Å²) in [5.41, 5.74) is 0.393. The van der Waals surface area contributed by atoms with Gasteiger partial charge in [-0.05, 0) is 24.5 Å². The summed E-state index contributed by atoms with van der Waals surface area (Å²) in [4.78, 5) is 0. The maximum Gasteiger partial charge on any atom is 0.206 e. The van der Waals surface area contributed by atoms with Gasteiger partial charge in [-0.2, -0.15) is 4.39 Å². The highest BCUT2D eigenvalue weighted by Crippen LogP contribution is 2.28. The molecule has 1 aromatic carbocycles. The van der Waals surface area contributed by atoms with E-state index in [1.54, 1.807) is 0 Å². The third-order valence-corrected chi connectivity index (χ3v) is 1.78. The van der Waals surface area contributed by atoms with Gasteiger partial charge in [0.05, 0.1) is 0 Å². The van der Waals surface area contributed by atoms with E-state index in [-0.39, 0.29) is 6.61 Å². The van der Waals surface area contributed by atoms with Crippen molar-refractivity contribution < 1.29 is 19.7 Å². The fourth-order valence-electron chi connectivity index (χ4n) is 1.07. The molecule has 0 bridgehead atoms. The molecule has 4 heteroatoms. The van der Waals surface area contributed by atoms with Crippen LogP contribution < -0.4 is 0 Å². The molecule has 0 aromatic heterocycles. The Labute approximate surface area is 75.1 Å². The van der Waals surface area contributed by atoms with Crippen molar-refractivity contribution in [3.8, 4) is 11.5 Å². The van der Waals surface area contributed by atoms with Gasteiger partial charge in [0.15, 0.2) is 11.5 Å².